The van der Waals surface area contributed by atoms with Gasteiger partial charge in [0.15, 0.2) is 0 Å². The lowest BCUT2D eigenvalue weighted by Gasteiger charge is -2.32. The molecule has 3 rings (SSSR count). The van der Waals surface area contributed by atoms with Crippen molar-refractivity contribution in [3.63, 3.8) is 0 Å². The Labute approximate surface area is 112 Å². The molecule has 1 atom stereocenters. The molecule has 1 aromatic carbocycles. The predicted molar refractivity (Wildman–Crippen MR) is 73.8 cm³/mol. The smallest absolute Gasteiger partial charge is 0.0933 e. The van der Waals surface area contributed by atoms with Crippen molar-refractivity contribution in [2.75, 3.05) is 26.3 Å². The average Bonchev–Trinajstić information content (AvgIpc) is 2.48. The Morgan fingerprint density at radius 1 is 1.32 bits per heavy atom. The summed E-state index contributed by atoms with van der Waals surface area (Å²) in [5, 5.41) is 10.4. The highest BCUT2D eigenvalue weighted by Crippen LogP contribution is 2.18. The summed E-state index contributed by atoms with van der Waals surface area (Å²) in [7, 11) is 0. The van der Waals surface area contributed by atoms with Crippen LogP contribution in [0.4, 0.5) is 0 Å². The van der Waals surface area contributed by atoms with Gasteiger partial charge >= 0.3 is 0 Å². The van der Waals surface area contributed by atoms with Crippen LogP contribution in [0, 0.1) is 0 Å². The topological polar surface area (TPSA) is 45.6 Å². The van der Waals surface area contributed by atoms with Gasteiger partial charge in [-0.1, -0.05) is 24.3 Å². The Balaban J connectivity index is 1.81. The van der Waals surface area contributed by atoms with E-state index in [2.05, 4.69) is 34.1 Å². The minimum absolute atomic E-state index is 0.0586. The molecule has 1 aliphatic heterocycles. The lowest BCUT2D eigenvalue weighted by atomic mass is 10.1. The molecule has 1 fully saturated rings. The van der Waals surface area contributed by atoms with Gasteiger partial charge in [-0.25, -0.2) is 0 Å². The lowest BCUT2D eigenvalue weighted by Crippen LogP contribution is -2.43. The third-order valence-corrected chi connectivity index (χ3v) is 3.54. The Morgan fingerprint density at radius 2 is 2.21 bits per heavy atom. The van der Waals surface area contributed by atoms with Crippen molar-refractivity contribution in [3.05, 3.63) is 42.1 Å². The number of benzene rings is 1. The Kier molecular flexibility index (Phi) is 3.73. The van der Waals surface area contributed by atoms with Crippen LogP contribution in [0.5, 0.6) is 0 Å². The third kappa shape index (κ3) is 2.76. The van der Waals surface area contributed by atoms with E-state index in [1.807, 2.05) is 12.3 Å². The average molecular weight is 258 g/mol. The minimum Gasteiger partial charge on any atom is -0.394 e. The Hall–Kier alpha value is -1.49. The highest BCUT2D eigenvalue weighted by Gasteiger charge is 2.20. The van der Waals surface area contributed by atoms with E-state index in [0.29, 0.717) is 6.61 Å². The first-order valence-electron chi connectivity index (χ1n) is 6.64. The molecule has 4 nitrogen and oxygen atoms in total. The van der Waals surface area contributed by atoms with Crippen LogP contribution in [-0.4, -0.2) is 47.4 Å². The number of nitrogens with zero attached hydrogens (tertiary/aromatic N) is 2. The van der Waals surface area contributed by atoms with E-state index in [9.17, 15) is 5.11 Å². The zero-order valence-corrected chi connectivity index (χ0v) is 10.8. The molecule has 0 radical (unpaired) electrons. The van der Waals surface area contributed by atoms with Crippen LogP contribution in [0.2, 0.25) is 0 Å². The van der Waals surface area contributed by atoms with E-state index in [0.717, 1.165) is 25.2 Å². The van der Waals surface area contributed by atoms with Crippen molar-refractivity contribution in [2.24, 2.45) is 0 Å². The summed E-state index contributed by atoms with van der Waals surface area (Å²) in [6.07, 6.45) is 1.78. The van der Waals surface area contributed by atoms with E-state index in [1.54, 1.807) is 0 Å². The molecule has 1 aromatic heterocycles. The minimum atomic E-state index is -0.0586. The summed E-state index contributed by atoms with van der Waals surface area (Å²) < 4.78 is 5.48. The van der Waals surface area contributed by atoms with E-state index in [1.165, 1.54) is 10.9 Å². The number of hydrogen-bond acceptors (Lipinski definition) is 4. The molecular formula is C15H18N2O2. The molecular weight excluding hydrogens is 240 g/mol. The second kappa shape index (κ2) is 5.65. The van der Waals surface area contributed by atoms with E-state index >= 15 is 0 Å². The Morgan fingerprint density at radius 3 is 3.11 bits per heavy atom. The highest BCUT2D eigenvalue weighted by atomic mass is 16.5. The van der Waals surface area contributed by atoms with Crippen LogP contribution in [-0.2, 0) is 11.3 Å². The number of morpholine rings is 1. The first-order chi connectivity index (χ1) is 9.36. The second-order valence-electron chi connectivity index (χ2n) is 4.90. The van der Waals surface area contributed by atoms with Gasteiger partial charge in [0.2, 0.25) is 0 Å². The van der Waals surface area contributed by atoms with Crippen LogP contribution in [0.25, 0.3) is 10.9 Å². The number of fused-ring (bicyclic) bond motifs is 1. The number of pyridine rings is 1. The molecule has 4 heteroatoms. The van der Waals surface area contributed by atoms with E-state index in [4.69, 9.17) is 4.74 Å². The number of para-hydroxylation sites is 1. The molecule has 0 spiro atoms. The van der Waals surface area contributed by atoms with Crippen molar-refractivity contribution < 1.29 is 9.84 Å². The molecule has 1 unspecified atom stereocenters. The number of rotatable bonds is 3. The number of aliphatic hydroxyl groups excluding tert-OH is 1. The van der Waals surface area contributed by atoms with Crippen molar-refractivity contribution in [1.29, 1.82) is 0 Å². The van der Waals surface area contributed by atoms with Gasteiger partial charge in [-0.3, -0.25) is 9.88 Å². The monoisotopic (exact) mass is 258 g/mol. The second-order valence-corrected chi connectivity index (χ2v) is 4.90. The van der Waals surface area contributed by atoms with Crippen molar-refractivity contribution >= 4 is 10.9 Å². The van der Waals surface area contributed by atoms with Crippen molar-refractivity contribution in [2.45, 2.75) is 12.6 Å². The van der Waals surface area contributed by atoms with E-state index < -0.39 is 0 Å². The molecule has 2 heterocycles. The number of ether oxygens (including phenoxy) is 1. The summed E-state index contributed by atoms with van der Waals surface area (Å²) in [6.45, 7) is 3.31. The van der Waals surface area contributed by atoms with Crippen LogP contribution in [0.3, 0.4) is 0 Å². The van der Waals surface area contributed by atoms with Gasteiger partial charge in [-0.2, -0.15) is 0 Å². The van der Waals surface area contributed by atoms with Gasteiger partial charge in [0, 0.05) is 31.2 Å². The molecule has 1 N–H and O–H groups in total. The van der Waals surface area contributed by atoms with Crippen LogP contribution >= 0.6 is 0 Å². The fourth-order valence-electron chi connectivity index (χ4n) is 2.57. The molecule has 0 aliphatic carbocycles. The van der Waals surface area contributed by atoms with Gasteiger partial charge in [0.05, 0.1) is 24.8 Å². The standard InChI is InChI=1S/C15H18N2O2/c18-11-14-10-17(7-8-19-14)9-13-4-1-3-12-5-2-6-16-15(12)13/h1-6,14,18H,7-11H2. The van der Waals surface area contributed by atoms with Gasteiger partial charge in [-0.15, -0.1) is 0 Å². The molecule has 100 valence electrons. The lowest BCUT2D eigenvalue weighted by molar-refractivity contribution is -0.0550. The maximum Gasteiger partial charge on any atom is 0.0933 e. The SMILES string of the molecule is OCC1CN(Cc2cccc3cccnc23)CCO1. The number of hydrogen-bond donors (Lipinski definition) is 1. The maximum absolute atomic E-state index is 9.18. The van der Waals surface area contributed by atoms with Crippen molar-refractivity contribution in [1.82, 2.24) is 9.88 Å². The fraction of sp³-hybridized carbons (Fsp3) is 0.400. The van der Waals surface area contributed by atoms with Crippen LogP contribution in [0.15, 0.2) is 36.5 Å². The quantitative estimate of drug-likeness (QED) is 0.904. The number of aromatic nitrogens is 1. The van der Waals surface area contributed by atoms with Crippen LogP contribution in [0.1, 0.15) is 5.56 Å². The zero-order chi connectivity index (χ0) is 13.1. The van der Waals surface area contributed by atoms with Crippen LogP contribution < -0.4 is 0 Å². The number of aliphatic hydroxyl groups is 1. The summed E-state index contributed by atoms with van der Waals surface area (Å²) in [4.78, 5) is 6.79. The molecule has 19 heavy (non-hydrogen) atoms. The van der Waals surface area contributed by atoms with Crippen molar-refractivity contribution in [3.8, 4) is 0 Å². The highest BCUT2D eigenvalue weighted by molar-refractivity contribution is 5.81. The maximum atomic E-state index is 9.18. The molecule has 1 aliphatic rings. The summed E-state index contributed by atoms with van der Waals surface area (Å²) in [5.41, 5.74) is 2.30. The fourth-order valence-corrected chi connectivity index (χ4v) is 2.57. The molecule has 0 bridgehead atoms. The summed E-state index contributed by atoms with van der Waals surface area (Å²) >= 11 is 0. The molecule has 0 amide bonds. The Bertz CT molecular complexity index is 553. The first-order valence-corrected chi connectivity index (χ1v) is 6.64. The van der Waals surface area contributed by atoms with Gasteiger partial charge < -0.3 is 9.84 Å². The largest absolute Gasteiger partial charge is 0.394 e. The zero-order valence-electron chi connectivity index (χ0n) is 10.8. The molecule has 0 saturated carbocycles. The normalized spacial score (nSPS) is 20.8. The third-order valence-electron chi connectivity index (χ3n) is 3.54. The molecule has 2 aromatic rings. The van der Waals surface area contributed by atoms with Gasteiger partial charge in [0.1, 0.15) is 0 Å². The molecule has 1 saturated heterocycles. The van der Waals surface area contributed by atoms with Gasteiger partial charge in [-0.05, 0) is 11.6 Å². The van der Waals surface area contributed by atoms with E-state index in [-0.39, 0.29) is 12.7 Å². The summed E-state index contributed by atoms with van der Waals surface area (Å²) in [5.74, 6) is 0. The predicted octanol–water partition coefficient (Wildman–Crippen LogP) is 1.43. The van der Waals surface area contributed by atoms with Gasteiger partial charge in [0.25, 0.3) is 0 Å². The first kappa shape index (κ1) is 12.5. The summed E-state index contributed by atoms with van der Waals surface area (Å²) in [6, 6.07) is 10.3.